The number of halogens is 1. The second-order valence-electron chi connectivity index (χ2n) is 4.48. The molecule has 2 rings (SSSR count). The SMILES string of the molecule is Nc1ccc(C(=O)NCCCOCc2ccco2)cc1Cl. The third-order valence-corrected chi connectivity index (χ3v) is 3.17. The highest BCUT2D eigenvalue weighted by Crippen LogP contribution is 2.19. The molecule has 6 heteroatoms. The summed E-state index contributed by atoms with van der Waals surface area (Å²) in [6.07, 6.45) is 2.33. The molecule has 3 N–H and O–H groups in total. The Morgan fingerprint density at radius 2 is 2.24 bits per heavy atom. The Kier molecular flexibility index (Phi) is 5.66. The van der Waals surface area contributed by atoms with E-state index in [9.17, 15) is 4.79 Å². The van der Waals surface area contributed by atoms with Gasteiger partial charge in [0.1, 0.15) is 12.4 Å². The van der Waals surface area contributed by atoms with Gasteiger partial charge in [0.15, 0.2) is 0 Å². The van der Waals surface area contributed by atoms with Crippen molar-refractivity contribution in [3.8, 4) is 0 Å². The molecule has 1 amide bonds. The van der Waals surface area contributed by atoms with Crippen molar-refractivity contribution in [3.05, 3.63) is 52.9 Å². The van der Waals surface area contributed by atoms with E-state index < -0.39 is 0 Å². The van der Waals surface area contributed by atoms with E-state index in [0.717, 1.165) is 12.2 Å². The predicted molar refractivity (Wildman–Crippen MR) is 81.2 cm³/mol. The lowest BCUT2D eigenvalue weighted by molar-refractivity contribution is 0.0917. The molecule has 0 aliphatic carbocycles. The zero-order valence-electron chi connectivity index (χ0n) is 11.5. The minimum atomic E-state index is -0.178. The number of hydrogen-bond donors (Lipinski definition) is 2. The molecule has 1 aromatic carbocycles. The molecular formula is C15H17ClN2O3. The highest BCUT2D eigenvalue weighted by molar-refractivity contribution is 6.33. The van der Waals surface area contributed by atoms with Crippen LogP contribution >= 0.6 is 11.6 Å². The Morgan fingerprint density at radius 1 is 1.38 bits per heavy atom. The van der Waals surface area contributed by atoms with Crippen molar-refractivity contribution < 1.29 is 13.9 Å². The molecule has 112 valence electrons. The summed E-state index contributed by atoms with van der Waals surface area (Å²) in [5.41, 5.74) is 6.55. The minimum Gasteiger partial charge on any atom is -0.467 e. The Hall–Kier alpha value is -1.98. The number of carbonyl (C=O) groups excluding carboxylic acids is 1. The third kappa shape index (κ3) is 4.81. The zero-order valence-corrected chi connectivity index (χ0v) is 12.2. The van der Waals surface area contributed by atoms with Gasteiger partial charge in [-0.1, -0.05) is 11.6 Å². The van der Waals surface area contributed by atoms with Crippen LogP contribution in [-0.2, 0) is 11.3 Å². The van der Waals surface area contributed by atoms with Crippen molar-refractivity contribution in [1.29, 1.82) is 0 Å². The van der Waals surface area contributed by atoms with E-state index in [1.165, 1.54) is 0 Å². The summed E-state index contributed by atoms with van der Waals surface area (Å²) in [5.74, 6) is 0.610. The lowest BCUT2D eigenvalue weighted by Gasteiger charge is -2.07. The van der Waals surface area contributed by atoms with Gasteiger partial charge in [0.05, 0.1) is 17.0 Å². The number of anilines is 1. The quantitative estimate of drug-likeness (QED) is 0.609. The topological polar surface area (TPSA) is 77.5 Å². The molecule has 0 aliphatic rings. The van der Waals surface area contributed by atoms with Gasteiger partial charge in [-0.15, -0.1) is 0 Å². The molecule has 5 nitrogen and oxygen atoms in total. The smallest absolute Gasteiger partial charge is 0.251 e. The van der Waals surface area contributed by atoms with Crippen molar-refractivity contribution in [3.63, 3.8) is 0 Å². The molecule has 0 saturated carbocycles. The van der Waals surface area contributed by atoms with E-state index in [-0.39, 0.29) is 5.91 Å². The largest absolute Gasteiger partial charge is 0.467 e. The molecule has 0 radical (unpaired) electrons. The number of carbonyl (C=O) groups is 1. The van der Waals surface area contributed by atoms with Gasteiger partial charge in [0.2, 0.25) is 0 Å². The van der Waals surface area contributed by atoms with Crippen molar-refractivity contribution >= 4 is 23.2 Å². The molecule has 2 aromatic rings. The number of rotatable bonds is 7. The first-order chi connectivity index (χ1) is 10.2. The van der Waals surface area contributed by atoms with Crippen LogP contribution in [0.15, 0.2) is 41.0 Å². The summed E-state index contributed by atoms with van der Waals surface area (Å²) >= 11 is 5.88. The van der Waals surface area contributed by atoms with E-state index in [0.29, 0.717) is 36.0 Å². The first-order valence-electron chi connectivity index (χ1n) is 6.60. The number of nitrogens with two attached hydrogens (primary N) is 1. The van der Waals surface area contributed by atoms with Crippen LogP contribution in [0, 0.1) is 0 Å². The number of hydrogen-bond acceptors (Lipinski definition) is 4. The highest BCUT2D eigenvalue weighted by atomic mass is 35.5. The van der Waals surface area contributed by atoms with Gasteiger partial charge in [-0.2, -0.15) is 0 Å². The van der Waals surface area contributed by atoms with E-state index in [1.54, 1.807) is 24.5 Å². The number of furan rings is 1. The van der Waals surface area contributed by atoms with Gasteiger partial charge in [0, 0.05) is 18.7 Å². The van der Waals surface area contributed by atoms with Crippen molar-refractivity contribution in [1.82, 2.24) is 5.32 Å². The Bertz CT molecular complexity index is 585. The maximum Gasteiger partial charge on any atom is 0.251 e. The normalized spacial score (nSPS) is 10.5. The Morgan fingerprint density at radius 3 is 2.95 bits per heavy atom. The van der Waals surface area contributed by atoms with Crippen LogP contribution in [0.4, 0.5) is 5.69 Å². The fraction of sp³-hybridized carbons (Fsp3) is 0.267. The first kappa shape index (κ1) is 15.4. The van der Waals surface area contributed by atoms with Crippen molar-refractivity contribution in [2.24, 2.45) is 0 Å². The van der Waals surface area contributed by atoms with E-state index >= 15 is 0 Å². The van der Waals surface area contributed by atoms with Gasteiger partial charge in [0.25, 0.3) is 5.91 Å². The number of amides is 1. The Labute approximate surface area is 128 Å². The maximum absolute atomic E-state index is 11.9. The van der Waals surface area contributed by atoms with Crippen LogP contribution in [0.1, 0.15) is 22.5 Å². The fourth-order valence-corrected chi connectivity index (χ4v) is 1.89. The Balaban J connectivity index is 1.63. The second-order valence-corrected chi connectivity index (χ2v) is 4.88. The molecule has 0 fully saturated rings. The monoisotopic (exact) mass is 308 g/mol. The molecule has 1 heterocycles. The summed E-state index contributed by atoms with van der Waals surface area (Å²) in [4.78, 5) is 11.9. The molecule has 0 saturated heterocycles. The molecule has 21 heavy (non-hydrogen) atoms. The summed E-state index contributed by atoms with van der Waals surface area (Å²) in [5, 5.41) is 3.18. The minimum absolute atomic E-state index is 0.178. The lowest BCUT2D eigenvalue weighted by Crippen LogP contribution is -2.25. The zero-order chi connectivity index (χ0) is 15.1. The molecule has 0 atom stereocenters. The molecule has 0 spiro atoms. The van der Waals surface area contributed by atoms with E-state index in [2.05, 4.69) is 5.32 Å². The molecule has 1 aromatic heterocycles. The standard InChI is InChI=1S/C15H17ClN2O3/c16-13-9-11(4-5-14(13)17)15(19)18-6-2-7-20-10-12-3-1-8-21-12/h1,3-5,8-9H,2,6-7,10,17H2,(H,18,19). The number of benzene rings is 1. The highest BCUT2D eigenvalue weighted by Gasteiger charge is 2.06. The van der Waals surface area contributed by atoms with Crippen LogP contribution in [0.5, 0.6) is 0 Å². The summed E-state index contributed by atoms with van der Waals surface area (Å²) in [7, 11) is 0. The summed E-state index contributed by atoms with van der Waals surface area (Å²) < 4.78 is 10.6. The average molecular weight is 309 g/mol. The molecule has 0 unspecified atom stereocenters. The number of nitrogens with one attached hydrogen (secondary N) is 1. The second kappa shape index (κ2) is 7.71. The van der Waals surface area contributed by atoms with Gasteiger partial charge < -0.3 is 20.2 Å². The fourth-order valence-electron chi connectivity index (χ4n) is 1.71. The lowest BCUT2D eigenvalue weighted by atomic mass is 10.2. The summed E-state index contributed by atoms with van der Waals surface area (Å²) in [6.45, 7) is 1.51. The van der Waals surface area contributed by atoms with Gasteiger partial charge in [-0.3, -0.25) is 4.79 Å². The third-order valence-electron chi connectivity index (χ3n) is 2.84. The number of nitrogen functional groups attached to an aromatic ring is 1. The van der Waals surface area contributed by atoms with Crippen LogP contribution in [0.3, 0.4) is 0 Å². The maximum atomic E-state index is 11.9. The van der Waals surface area contributed by atoms with E-state index in [4.69, 9.17) is 26.5 Å². The van der Waals surface area contributed by atoms with Crippen molar-refractivity contribution in [2.75, 3.05) is 18.9 Å². The van der Waals surface area contributed by atoms with E-state index in [1.807, 2.05) is 12.1 Å². The first-order valence-corrected chi connectivity index (χ1v) is 6.98. The predicted octanol–water partition coefficient (Wildman–Crippen LogP) is 2.85. The van der Waals surface area contributed by atoms with Crippen LogP contribution < -0.4 is 11.1 Å². The van der Waals surface area contributed by atoms with Crippen LogP contribution in [-0.4, -0.2) is 19.1 Å². The summed E-state index contributed by atoms with van der Waals surface area (Å²) in [6, 6.07) is 8.48. The van der Waals surface area contributed by atoms with Crippen LogP contribution in [0.2, 0.25) is 5.02 Å². The average Bonchev–Trinajstić information content (AvgIpc) is 2.98. The van der Waals surface area contributed by atoms with Gasteiger partial charge >= 0.3 is 0 Å². The van der Waals surface area contributed by atoms with Crippen molar-refractivity contribution in [2.45, 2.75) is 13.0 Å². The van der Waals surface area contributed by atoms with Gasteiger partial charge in [-0.05, 0) is 36.8 Å². The van der Waals surface area contributed by atoms with Gasteiger partial charge in [-0.25, -0.2) is 0 Å². The number of ether oxygens (including phenoxy) is 1. The molecule has 0 aliphatic heterocycles. The molecular weight excluding hydrogens is 292 g/mol. The molecule has 0 bridgehead atoms. The van der Waals surface area contributed by atoms with Crippen LogP contribution in [0.25, 0.3) is 0 Å².